The monoisotopic (exact) mass is 303 g/mol. The number of aromatic hydroxyl groups is 1. The van der Waals surface area contributed by atoms with Crippen LogP contribution < -0.4 is 0 Å². The van der Waals surface area contributed by atoms with E-state index in [1.807, 2.05) is 14.0 Å². The molecule has 1 N–H and O–H groups in total. The first-order chi connectivity index (χ1) is 10.5. The Morgan fingerprint density at radius 3 is 2.91 bits per heavy atom. The van der Waals surface area contributed by atoms with E-state index in [0.717, 1.165) is 36.2 Å². The molecule has 0 aliphatic carbocycles. The van der Waals surface area contributed by atoms with Gasteiger partial charge in [-0.25, -0.2) is 4.39 Å². The maximum atomic E-state index is 13.4. The average molecular weight is 303 g/mol. The summed E-state index contributed by atoms with van der Waals surface area (Å²) in [4.78, 5) is 14.4. The van der Waals surface area contributed by atoms with Crippen LogP contribution >= 0.6 is 0 Å². The summed E-state index contributed by atoms with van der Waals surface area (Å²) in [6.45, 7) is 2.55. The lowest BCUT2D eigenvalue weighted by Gasteiger charge is -2.25. The van der Waals surface area contributed by atoms with Crippen LogP contribution in [0.15, 0.2) is 24.4 Å². The number of carbonyl (C=O) groups is 1. The second-order valence-corrected chi connectivity index (χ2v) is 5.63. The highest BCUT2D eigenvalue weighted by atomic mass is 19.1. The van der Waals surface area contributed by atoms with Crippen molar-refractivity contribution in [3.8, 4) is 5.75 Å². The Morgan fingerprint density at radius 1 is 1.45 bits per heavy atom. The van der Waals surface area contributed by atoms with E-state index >= 15 is 0 Å². The van der Waals surface area contributed by atoms with Crippen molar-refractivity contribution in [2.45, 2.75) is 25.8 Å². The van der Waals surface area contributed by atoms with Crippen molar-refractivity contribution in [1.82, 2.24) is 14.7 Å². The lowest BCUT2D eigenvalue weighted by atomic mass is 10.0. The van der Waals surface area contributed by atoms with Crippen LogP contribution in [0.5, 0.6) is 5.75 Å². The molecular weight excluding hydrogens is 285 g/mol. The first-order valence-electron chi connectivity index (χ1n) is 7.27. The third-order valence-corrected chi connectivity index (χ3v) is 4.33. The lowest BCUT2D eigenvalue weighted by molar-refractivity contribution is 0.0731. The van der Waals surface area contributed by atoms with Gasteiger partial charge in [0.05, 0.1) is 17.8 Å². The lowest BCUT2D eigenvalue weighted by Crippen LogP contribution is -2.31. The standard InChI is InChI=1S/C16H18FN3O2/c1-10-13(9-18-19(10)2)14-4-3-7-20(14)16(22)12-8-11(17)5-6-15(12)21/h5-6,8-9,14,21H,3-4,7H2,1-2H3/t14-/m1/s1. The molecule has 1 saturated heterocycles. The number of benzene rings is 1. The van der Waals surface area contributed by atoms with Crippen LogP contribution in [0.2, 0.25) is 0 Å². The van der Waals surface area contributed by atoms with Crippen LogP contribution in [0.1, 0.15) is 40.5 Å². The largest absolute Gasteiger partial charge is 0.507 e. The predicted molar refractivity (Wildman–Crippen MR) is 79.0 cm³/mol. The molecule has 22 heavy (non-hydrogen) atoms. The van der Waals surface area contributed by atoms with Crippen molar-refractivity contribution in [3.05, 3.63) is 47.0 Å². The van der Waals surface area contributed by atoms with Gasteiger partial charge in [-0.3, -0.25) is 9.48 Å². The third kappa shape index (κ3) is 2.34. The molecule has 116 valence electrons. The van der Waals surface area contributed by atoms with Crippen molar-refractivity contribution in [1.29, 1.82) is 0 Å². The Hall–Kier alpha value is -2.37. The summed E-state index contributed by atoms with van der Waals surface area (Å²) in [7, 11) is 1.86. The number of aromatic nitrogens is 2. The van der Waals surface area contributed by atoms with Crippen LogP contribution in [0.4, 0.5) is 4.39 Å². The predicted octanol–water partition coefficient (Wildman–Crippen LogP) is 2.55. The first kappa shape index (κ1) is 14.6. The minimum Gasteiger partial charge on any atom is -0.507 e. The Labute approximate surface area is 128 Å². The summed E-state index contributed by atoms with van der Waals surface area (Å²) in [5.41, 5.74) is 2.02. The smallest absolute Gasteiger partial charge is 0.258 e. The molecule has 0 spiro atoms. The molecule has 1 aromatic heterocycles. The Kier molecular flexibility index (Phi) is 3.60. The molecule has 5 nitrogen and oxygen atoms in total. The second kappa shape index (κ2) is 5.44. The Bertz CT molecular complexity index is 726. The number of carbonyl (C=O) groups excluding carboxylic acids is 1. The quantitative estimate of drug-likeness (QED) is 0.927. The van der Waals surface area contributed by atoms with Crippen molar-refractivity contribution in [2.24, 2.45) is 7.05 Å². The van der Waals surface area contributed by atoms with Crippen LogP contribution in [-0.4, -0.2) is 32.2 Å². The Balaban J connectivity index is 1.94. The first-order valence-corrected chi connectivity index (χ1v) is 7.27. The number of rotatable bonds is 2. The summed E-state index contributed by atoms with van der Waals surface area (Å²) < 4.78 is 15.2. The van der Waals surface area contributed by atoms with Crippen LogP contribution in [-0.2, 0) is 7.05 Å². The van der Waals surface area contributed by atoms with Crippen molar-refractivity contribution >= 4 is 5.91 Å². The maximum Gasteiger partial charge on any atom is 0.258 e. The summed E-state index contributed by atoms with van der Waals surface area (Å²) in [5.74, 6) is -1.07. The molecular formula is C16H18FN3O2. The van der Waals surface area contributed by atoms with Gasteiger partial charge in [0.2, 0.25) is 0 Å². The van der Waals surface area contributed by atoms with E-state index in [1.54, 1.807) is 15.8 Å². The molecule has 2 heterocycles. The zero-order valence-corrected chi connectivity index (χ0v) is 12.6. The van der Waals surface area contributed by atoms with Crippen LogP contribution in [0.3, 0.4) is 0 Å². The zero-order chi connectivity index (χ0) is 15.9. The van der Waals surface area contributed by atoms with Gasteiger partial charge in [-0.1, -0.05) is 0 Å². The number of halogens is 1. The van der Waals surface area contributed by atoms with E-state index in [2.05, 4.69) is 5.10 Å². The summed E-state index contributed by atoms with van der Waals surface area (Å²) in [6.07, 6.45) is 3.49. The van der Waals surface area contributed by atoms with Gasteiger partial charge in [-0.15, -0.1) is 0 Å². The molecule has 1 aromatic carbocycles. The van der Waals surface area contributed by atoms with Crippen molar-refractivity contribution in [3.63, 3.8) is 0 Å². The van der Waals surface area contributed by atoms with Gasteiger partial charge in [-0.2, -0.15) is 5.10 Å². The molecule has 2 aromatic rings. The van der Waals surface area contributed by atoms with Gasteiger partial charge >= 0.3 is 0 Å². The van der Waals surface area contributed by atoms with E-state index < -0.39 is 5.82 Å². The van der Waals surface area contributed by atoms with E-state index in [-0.39, 0.29) is 23.3 Å². The fraction of sp³-hybridized carbons (Fsp3) is 0.375. The molecule has 0 unspecified atom stereocenters. The van der Waals surface area contributed by atoms with E-state index in [0.29, 0.717) is 6.54 Å². The van der Waals surface area contributed by atoms with E-state index in [9.17, 15) is 14.3 Å². The van der Waals surface area contributed by atoms with E-state index in [4.69, 9.17) is 0 Å². The molecule has 0 bridgehead atoms. The number of amides is 1. The average Bonchev–Trinajstić information content (AvgIpc) is 3.09. The van der Waals surface area contributed by atoms with E-state index in [1.165, 1.54) is 6.07 Å². The van der Waals surface area contributed by atoms with Gasteiger partial charge in [0.25, 0.3) is 5.91 Å². The fourth-order valence-electron chi connectivity index (χ4n) is 3.01. The van der Waals surface area contributed by atoms with Gasteiger partial charge in [0, 0.05) is 24.8 Å². The number of phenolic OH excluding ortho intramolecular Hbond substituents is 1. The number of hydrogen-bond donors (Lipinski definition) is 1. The number of aryl methyl sites for hydroxylation is 1. The molecule has 1 aliphatic heterocycles. The molecule has 0 saturated carbocycles. The van der Waals surface area contributed by atoms with Gasteiger partial charge in [0.15, 0.2) is 0 Å². The van der Waals surface area contributed by atoms with Gasteiger partial charge < -0.3 is 10.0 Å². The van der Waals surface area contributed by atoms with Crippen molar-refractivity contribution < 1.29 is 14.3 Å². The zero-order valence-electron chi connectivity index (χ0n) is 12.6. The fourth-order valence-corrected chi connectivity index (χ4v) is 3.01. The van der Waals surface area contributed by atoms with Crippen molar-refractivity contribution in [2.75, 3.05) is 6.54 Å². The number of likely N-dealkylation sites (tertiary alicyclic amines) is 1. The molecule has 1 amide bonds. The molecule has 1 fully saturated rings. The maximum absolute atomic E-state index is 13.4. The topological polar surface area (TPSA) is 58.4 Å². The van der Waals surface area contributed by atoms with Crippen LogP contribution in [0.25, 0.3) is 0 Å². The highest BCUT2D eigenvalue weighted by Crippen LogP contribution is 2.35. The molecule has 0 radical (unpaired) electrons. The summed E-state index contributed by atoms with van der Waals surface area (Å²) in [5, 5.41) is 14.1. The van der Waals surface area contributed by atoms with Gasteiger partial charge in [-0.05, 0) is 38.0 Å². The third-order valence-electron chi connectivity index (χ3n) is 4.33. The normalized spacial score (nSPS) is 18.0. The highest BCUT2D eigenvalue weighted by Gasteiger charge is 2.33. The minimum absolute atomic E-state index is 0.00782. The number of hydrogen-bond acceptors (Lipinski definition) is 3. The molecule has 6 heteroatoms. The van der Waals surface area contributed by atoms with Crippen LogP contribution in [0, 0.1) is 12.7 Å². The summed E-state index contributed by atoms with van der Waals surface area (Å²) in [6, 6.07) is 3.36. The molecule has 1 aliphatic rings. The second-order valence-electron chi connectivity index (χ2n) is 5.63. The minimum atomic E-state index is -0.533. The van der Waals surface area contributed by atoms with Gasteiger partial charge in [0.1, 0.15) is 11.6 Å². The summed E-state index contributed by atoms with van der Waals surface area (Å²) >= 11 is 0. The Morgan fingerprint density at radius 2 is 2.23 bits per heavy atom. The molecule has 3 rings (SSSR count). The number of nitrogens with zero attached hydrogens (tertiary/aromatic N) is 3. The SMILES string of the molecule is Cc1c([C@H]2CCCN2C(=O)c2cc(F)ccc2O)cnn1C. The number of phenols is 1. The highest BCUT2D eigenvalue weighted by molar-refractivity contribution is 5.97. The molecule has 1 atom stereocenters.